The molecule has 0 aliphatic carbocycles. The highest BCUT2D eigenvalue weighted by atomic mass is 32.2. The molecule has 1 fully saturated rings. The van der Waals surface area contributed by atoms with Crippen molar-refractivity contribution in [2.24, 2.45) is 0 Å². The number of anilines is 2. The number of benzene rings is 1. The van der Waals surface area contributed by atoms with Crippen LogP contribution in [-0.4, -0.2) is 55.7 Å². The Labute approximate surface area is 161 Å². The number of nitrogens with zero attached hydrogens (tertiary/aromatic N) is 4. The Morgan fingerprint density at radius 2 is 1.67 bits per heavy atom. The SMILES string of the molecule is CC(C)c1ccc(CN2CCN(c3nccnc3NS(C)(=O)=O)CC2)cc1. The summed E-state index contributed by atoms with van der Waals surface area (Å²) in [6, 6.07) is 8.83. The Balaban J connectivity index is 1.61. The van der Waals surface area contributed by atoms with Gasteiger partial charge in [0.05, 0.1) is 6.26 Å². The van der Waals surface area contributed by atoms with Crippen LogP contribution < -0.4 is 9.62 Å². The molecule has 1 aromatic carbocycles. The van der Waals surface area contributed by atoms with Crippen molar-refractivity contribution in [1.82, 2.24) is 14.9 Å². The quantitative estimate of drug-likeness (QED) is 0.817. The molecule has 2 aromatic rings. The van der Waals surface area contributed by atoms with Gasteiger partial charge in [-0.25, -0.2) is 18.4 Å². The van der Waals surface area contributed by atoms with Gasteiger partial charge in [-0.15, -0.1) is 0 Å². The summed E-state index contributed by atoms with van der Waals surface area (Å²) in [6.07, 6.45) is 4.20. The molecule has 1 aliphatic rings. The maximum absolute atomic E-state index is 11.6. The molecule has 1 N–H and O–H groups in total. The van der Waals surface area contributed by atoms with Crippen LogP contribution in [0, 0.1) is 0 Å². The van der Waals surface area contributed by atoms with Gasteiger partial charge in [0.15, 0.2) is 11.6 Å². The van der Waals surface area contributed by atoms with E-state index in [9.17, 15) is 8.42 Å². The van der Waals surface area contributed by atoms with Crippen LogP contribution in [0.15, 0.2) is 36.7 Å². The van der Waals surface area contributed by atoms with E-state index in [-0.39, 0.29) is 5.82 Å². The lowest BCUT2D eigenvalue weighted by atomic mass is 10.0. The highest BCUT2D eigenvalue weighted by Gasteiger charge is 2.22. The van der Waals surface area contributed by atoms with Crippen molar-refractivity contribution in [2.75, 3.05) is 42.1 Å². The van der Waals surface area contributed by atoms with Crippen molar-refractivity contribution in [2.45, 2.75) is 26.3 Å². The summed E-state index contributed by atoms with van der Waals surface area (Å²) in [5.74, 6) is 1.42. The fourth-order valence-corrected chi connectivity index (χ4v) is 3.69. The molecule has 1 saturated heterocycles. The number of nitrogens with one attached hydrogen (secondary N) is 1. The lowest BCUT2D eigenvalue weighted by Gasteiger charge is -2.35. The summed E-state index contributed by atoms with van der Waals surface area (Å²) in [5, 5.41) is 0. The fraction of sp³-hybridized carbons (Fsp3) is 0.474. The van der Waals surface area contributed by atoms with Gasteiger partial charge in [0, 0.05) is 45.1 Å². The monoisotopic (exact) mass is 389 g/mol. The molecule has 2 heterocycles. The highest BCUT2D eigenvalue weighted by molar-refractivity contribution is 7.92. The van der Waals surface area contributed by atoms with Gasteiger partial charge < -0.3 is 4.90 Å². The smallest absolute Gasteiger partial charge is 0.231 e. The molecule has 0 radical (unpaired) electrons. The van der Waals surface area contributed by atoms with Gasteiger partial charge in [-0.1, -0.05) is 38.1 Å². The molecule has 1 aromatic heterocycles. The molecule has 0 saturated carbocycles. The van der Waals surface area contributed by atoms with Crippen molar-refractivity contribution in [3.8, 4) is 0 Å². The second-order valence-electron chi connectivity index (χ2n) is 7.26. The summed E-state index contributed by atoms with van der Waals surface area (Å²) in [5.41, 5.74) is 2.67. The summed E-state index contributed by atoms with van der Waals surface area (Å²) in [4.78, 5) is 13.0. The fourth-order valence-electron chi connectivity index (χ4n) is 3.19. The molecule has 146 valence electrons. The van der Waals surface area contributed by atoms with E-state index in [1.165, 1.54) is 17.3 Å². The van der Waals surface area contributed by atoms with Gasteiger partial charge in [0.1, 0.15) is 0 Å². The summed E-state index contributed by atoms with van der Waals surface area (Å²) < 4.78 is 25.6. The molecular formula is C19H27N5O2S. The summed E-state index contributed by atoms with van der Waals surface area (Å²) in [7, 11) is -3.39. The second-order valence-corrected chi connectivity index (χ2v) is 9.01. The van der Waals surface area contributed by atoms with E-state index in [0.29, 0.717) is 11.7 Å². The number of rotatable bonds is 6. The molecule has 8 heteroatoms. The Bertz CT molecular complexity index is 860. The minimum atomic E-state index is -3.39. The minimum absolute atomic E-state index is 0.290. The van der Waals surface area contributed by atoms with E-state index in [1.54, 1.807) is 6.20 Å². The van der Waals surface area contributed by atoms with Crippen molar-refractivity contribution in [3.63, 3.8) is 0 Å². The third-order valence-corrected chi connectivity index (χ3v) is 5.25. The zero-order chi connectivity index (χ0) is 19.4. The zero-order valence-corrected chi connectivity index (χ0v) is 16.9. The van der Waals surface area contributed by atoms with Gasteiger partial charge in [-0.3, -0.25) is 9.62 Å². The van der Waals surface area contributed by atoms with Crippen molar-refractivity contribution < 1.29 is 8.42 Å². The first-order valence-corrected chi connectivity index (χ1v) is 11.1. The van der Waals surface area contributed by atoms with E-state index < -0.39 is 10.0 Å². The van der Waals surface area contributed by atoms with Crippen LogP contribution in [-0.2, 0) is 16.6 Å². The first kappa shape index (κ1) is 19.6. The predicted octanol–water partition coefficient (Wildman–Crippen LogP) is 2.29. The van der Waals surface area contributed by atoms with Gasteiger partial charge in [-0.2, -0.15) is 0 Å². The van der Waals surface area contributed by atoms with Gasteiger partial charge >= 0.3 is 0 Å². The third kappa shape index (κ3) is 5.40. The first-order chi connectivity index (χ1) is 12.8. The number of aromatic nitrogens is 2. The molecular weight excluding hydrogens is 362 g/mol. The van der Waals surface area contributed by atoms with E-state index in [4.69, 9.17) is 0 Å². The number of sulfonamides is 1. The molecule has 3 rings (SSSR count). The summed E-state index contributed by atoms with van der Waals surface area (Å²) in [6.45, 7) is 8.66. The molecule has 7 nitrogen and oxygen atoms in total. The maximum atomic E-state index is 11.6. The molecule has 0 atom stereocenters. The molecule has 0 amide bonds. The Kier molecular flexibility index (Phi) is 5.96. The minimum Gasteiger partial charge on any atom is -0.351 e. The van der Waals surface area contributed by atoms with E-state index in [2.05, 4.69) is 62.6 Å². The van der Waals surface area contributed by atoms with E-state index in [0.717, 1.165) is 39.0 Å². The van der Waals surface area contributed by atoms with Crippen molar-refractivity contribution >= 4 is 21.7 Å². The van der Waals surface area contributed by atoms with Gasteiger partial charge in [-0.05, 0) is 17.0 Å². The van der Waals surface area contributed by atoms with Crippen molar-refractivity contribution in [3.05, 3.63) is 47.8 Å². The molecule has 0 spiro atoms. The Hall–Kier alpha value is -2.19. The standard InChI is InChI=1S/C19H27N5O2S/c1-15(2)17-6-4-16(5-7-17)14-23-10-12-24(13-11-23)19-18(20-8-9-21-19)22-27(3,25)26/h4-9,15H,10-14H2,1-3H3,(H,20,22). The van der Waals surface area contributed by atoms with Gasteiger partial charge in [0.2, 0.25) is 10.0 Å². The molecule has 1 aliphatic heterocycles. The Morgan fingerprint density at radius 1 is 1.04 bits per heavy atom. The van der Waals surface area contributed by atoms with Crippen LogP contribution in [0.25, 0.3) is 0 Å². The topological polar surface area (TPSA) is 78.4 Å². The average molecular weight is 390 g/mol. The zero-order valence-electron chi connectivity index (χ0n) is 16.1. The second kappa shape index (κ2) is 8.22. The largest absolute Gasteiger partial charge is 0.351 e. The van der Waals surface area contributed by atoms with Crippen molar-refractivity contribution in [1.29, 1.82) is 0 Å². The van der Waals surface area contributed by atoms with E-state index in [1.807, 2.05) is 0 Å². The molecule has 0 bridgehead atoms. The lowest BCUT2D eigenvalue weighted by Crippen LogP contribution is -2.46. The highest BCUT2D eigenvalue weighted by Crippen LogP contribution is 2.23. The van der Waals surface area contributed by atoms with Crippen LogP contribution in [0.2, 0.25) is 0 Å². The lowest BCUT2D eigenvalue weighted by molar-refractivity contribution is 0.249. The summed E-state index contributed by atoms with van der Waals surface area (Å²) >= 11 is 0. The number of hydrogen-bond acceptors (Lipinski definition) is 6. The predicted molar refractivity (Wildman–Crippen MR) is 109 cm³/mol. The van der Waals surface area contributed by atoms with Crippen LogP contribution in [0.3, 0.4) is 0 Å². The normalized spacial score (nSPS) is 15.9. The first-order valence-electron chi connectivity index (χ1n) is 9.17. The average Bonchev–Trinajstić information content (AvgIpc) is 2.62. The molecule has 0 unspecified atom stereocenters. The maximum Gasteiger partial charge on any atom is 0.231 e. The van der Waals surface area contributed by atoms with Crippen LogP contribution in [0.1, 0.15) is 30.9 Å². The van der Waals surface area contributed by atoms with Gasteiger partial charge in [0.25, 0.3) is 0 Å². The number of piperazine rings is 1. The number of hydrogen-bond donors (Lipinski definition) is 1. The Morgan fingerprint density at radius 3 is 2.26 bits per heavy atom. The van der Waals surface area contributed by atoms with E-state index >= 15 is 0 Å². The molecule has 27 heavy (non-hydrogen) atoms. The third-order valence-electron chi connectivity index (χ3n) is 4.69. The van der Waals surface area contributed by atoms with Crippen LogP contribution in [0.4, 0.5) is 11.6 Å². The van der Waals surface area contributed by atoms with Crippen LogP contribution >= 0.6 is 0 Å². The van der Waals surface area contributed by atoms with Crippen LogP contribution in [0.5, 0.6) is 0 Å².